The molecule has 0 radical (unpaired) electrons. The largest absolute Gasteiger partial charge is 0.361 e. The van der Waals surface area contributed by atoms with E-state index >= 15 is 0 Å². The highest BCUT2D eigenvalue weighted by Crippen LogP contribution is 2.19. The van der Waals surface area contributed by atoms with Crippen molar-refractivity contribution in [3.05, 3.63) is 35.8 Å². The molecule has 0 atom stereocenters. The Morgan fingerprint density at radius 2 is 2.31 bits per heavy atom. The van der Waals surface area contributed by atoms with Crippen molar-refractivity contribution in [2.75, 3.05) is 0 Å². The van der Waals surface area contributed by atoms with E-state index in [0.717, 1.165) is 16.5 Å². The number of benzene rings is 1. The summed E-state index contributed by atoms with van der Waals surface area (Å²) in [7, 11) is 0. The topological polar surface area (TPSA) is 51.0 Å². The second-order valence-electron chi connectivity index (χ2n) is 2.81. The van der Waals surface area contributed by atoms with Crippen LogP contribution in [0.3, 0.4) is 0 Å². The number of aromatic nitrogens is 1. The molecule has 2 aromatic rings. The Labute approximate surface area is 74.3 Å². The van der Waals surface area contributed by atoms with Gasteiger partial charge in [-0.1, -0.05) is 0 Å². The number of H-pyrrole nitrogens is 1. The van der Waals surface area contributed by atoms with Crippen molar-refractivity contribution >= 4 is 10.9 Å². The summed E-state index contributed by atoms with van der Waals surface area (Å²) in [6.45, 7) is 0.325. The second kappa shape index (κ2) is 3.16. The normalized spacial score (nSPS) is 10.9. The Hall–Kier alpha value is -1.39. The molecular weight excluding hydrogens is 171 g/mol. The van der Waals surface area contributed by atoms with Crippen molar-refractivity contribution in [3.8, 4) is 0 Å². The molecule has 3 N–H and O–H groups in total. The number of nitrogens with two attached hydrogens (primary N) is 1. The van der Waals surface area contributed by atoms with Gasteiger partial charge in [-0.15, -0.1) is 0 Å². The molecule has 0 unspecified atom stereocenters. The number of hydrogen-bond donors (Lipinski definition) is 2. The van der Waals surface area contributed by atoms with E-state index in [1.165, 1.54) is 12.1 Å². The molecule has 0 bridgehead atoms. The van der Waals surface area contributed by atoms with Gasteiger partial charge in [-0.05, 0) is 18.2 Å². The zero-order valence-corrected chi connectivity index (χ0v) is 6.88. The molecule has 1 aromatic carbocycles. The molecule has 4 heteroatoms. The molecule has 13 heavy (non-hydrogen) atoms. The molecule has 0 amide bonds. The van der Waals surface area contributed by atoms with Crippen molar-refractivity contribution in [1.29, 1.82) is 0 Å². The van der Waals surface area contributed by atoms with Gasteiger partial charge in [-0.2, -0.15) is 0 Å². The van der Waals surface area contributed by atoms with E-state index in [1.54, 1.807) is 12.3 Å². The summed E-state index contributed by atoms with van der Waals surface area (Å²) in [6, 6.07) is 4.56. The first-order valence-electron chi connectivity index (χ1n) is 3.88. The van der Waals surface area contributed by atoms with Crippen LogP contribution in [0.25, 0.3) is 10.9 Å². The Morgan fingerprint density at radius 1 is 1.46 bits per heavy atom. The first kappa shape index (κ1) is 8.22. The Bertz CT molecular complexity index is 424. The minimum Gasteiger partial charge on any atom is -0.361 e. The predicted octanol–water partition coefficient (Wildman–Crippen LogP) is 1.70. The zero-order valence-electron chi connectivity index (χ0n) is 6.88. The van der Waals surface area contributed by atoms with Gasteiger partial charge in [0.25, 0.3) is 0 Å². The van der Waals surface area contributed by atoms with Gasteiger partial charge < -0.3 is 4.98 Å². The van der Waals surface area contributed by atoms with Gasteiger partial charge in [-0.25, -0.2) is 10.3 Å². The SMILES string of the molecule is NOCc1c[nH]c2cc(F)ccc12. The van der Waals surface area contributed by atoms with E-state index in [9.17, 15) is 4.39 Å². The fourth-order valence-corrected chi connectivity index (χ4v) is 1.37. The molecule has 0 aliphatic heterocycles. The quantitative estimate of drug-likeness (QED) is 0.691. The predicted molar refractivity (Wildman–Crippen MR) is 47.2 cm³/mol. The summed E-state index contributed by atoms with van der Waals surface area (Å²) in [5.41, 5.74) is 1.68. The minimum absolute atomic E-state index is 0.255. The van der Waals surface area contributed by atoms with E-state index in [1.807, 2.05) is 0 Å². The summed E-state index contributed by atoms with van der Waals surface area (Å²) >= 11 is 0. The van der Waals surface area contributed by atoms with Gasteiger partial charge in [0.15, 0.2) is 0 Å². The molecule has 0 aliphatic carbocycles. The first-order valence-corrected chi connectivity index (χ1v) is 3.88. The molecule has 1 aromatic heterocycles. The third-order valence-electron chi connectivity index (χ3n) is 1.97. The van der Waals surface area contributed by atoms with Gasteiger partial charge in [-0.3, -0.25) is 4.84 Å². The molecule has 1 heterocycles. The van der Waals surface area contributed by atoms with Crippen molar-refractivity contribution in [2.24, 2.45) is 5.90 Å². The van der Waals surface area contributed by atoms with Crippen LogP contribution in [0.5, 0.6) is 0 Å². The van der Waals surface area contributed by atoms with Crippen LogP contribution in [0.2, 0.25) is 0 Å². The lowest BCUT2D eigenvalue weighted by atomic mass is 10.2. The summed E-state index contributed by atoms with van der Waals surface area (Å²) in [5.74, 6) is 4.70. The van der Waals surface area contributed by atoms with Crippen LogP contribution in [0.15, 0.2) is 24.4 Å². The maximum atomic E-state index is 12.8. The summed E-state index contributed by atoms with van der Waals surface area (Å²) in [4.78, 5) is 7.45. The minimum atomic E-state index is -0.255. The van der Waals surface area contributed by atoms with E-state index in [-0.39, 0.29) is 5.82 Å². The van der Waals surface area contributed by atoms with Crippen LogP contribution >= 0.6 is 0 Å². The number of hydrogen-bond acceptors (Lipinski definition) is 2. The van der Waals surface area contributed by atoms with E-state index in [2.05, 4.69) is 9.82 Å². The molecule has 0 aliphatic rings. The van der Waals surface area contributed by atoms with Crippen LogP contribution in [0, 0.1) is 5.82 Å². The summed E-state index contributed by atoms with van der Waals surface area (Å²) in [6.07, 6.45) is 1.76. The first-order chi connectivity index (χ1) is 6.31. The van der Waals surface area contributed by atoms with Crippen LogP contribution in [-0.2, 0) is 11.4 Å². The van der Waals surface area contributed by atoms with Crippen LogP contribution < -0.4 is 5.90 Å². The summed E-state index contributed by atoms with van der Waals surface area (Å²) < 4.78 is 12.8. The number of rotatable bonds is 2. The smallest absolute Gasteiger partial charge is 0.125 e. The number of nitrogens with one attached hydrogen (secondary N) is 1. The van der Waals surface area contributed by atoms with Gasteiger partial charge in [0.2, 0.25) is 0 Å². The van der Waals surface area contributed by atoms with Gasteiger partial charge in [0, 0.05) is 22.7 Å². The Kier molecular flexibility index (Phi) is 2.00. The van der Waals surface area contributed by atoms with Gasteiger partial charge in [0.1, 0.15) is 5.82 Å². The van der Waals surface area contributed by atoms with Crippen molar-refractivity contribution in [3.63, 3.8) is 0 Å². The Balaban J connectivity index is 2.55. The maximum Gasteiger partial charge on any atom is 0.125 e. The molecule has 0 spiro atoms. The van der Waals surface area contributed by atoms with Crippen LogP contribution in [0.1, 0.15) is 5.56 Å². The van der Waals surface area contributed by atoms with Crippen molar-refractivity contribution in [2.45, 2.75) is 6.61 Å². The standard InChI is InChI=1S/C9H9FN2O/c10-7-1-2-8-6(5-13-11)4-12-9(8)3-7/h1-4,12H,5,11H2. The van der Waals surface area contributed by atoms with E-state index in [0.29, 0.717) is 6.61 Å². The molecule has 0 saturated carbocycles. The van der Waals surface area contributed by atoms with Gasteiger partial charge >= 0.3 is 0 Å². The zero-order chi connectivity index (χ0) is 9.26. The van der Waals surface area contributed by atoms with Crippen molar-refractivity contribution < 1.29 is 9.23 Å². The number of aromatic amines is 1. The van der Waals surface area contributed by atoms with E-state index < -0.39 is 0 Å². The van der Waals surface area contributed by atoms with Crippen LogP contribution in [0.4, 0.5) is 4.39 Å². The van der Waals surface area contributed by atoms with Gasteiger partial charge in [0.05, 0.1) is 6.61 Å². The third kappa shape index (κ3) is 1.41. The molecule has 0 saturated heterocycles. The molecule has 0 fully saturated rings. The molecule has 68 valence electrons. The molecular formula is C9H9FN2O. The second-order valence-corrected chi connectivity index (χ2v) is 2.81. The lowest BCUT2D eigenvalue weighted by Gasteiger charge is -1.95. The number of fused-ring (bicyclic) bond motifs is 1. The van der Waals surface area contributed by atoms with E-state index in [4.69, 9.17) is 5.90 Å². The Morgan fingerprint density at radius 3 is 3.08 bits per heavy atom. The average molecular weight is 180 g/mol. The average Bonchev–Trinajstić information content (AvgIpc) is 2.49. The highest BCUT2D eigenvalue weighted by Gasteiger charge is 2.03. The monoisotopic (exact) mass is 180 g/mol. The lowest BCUT2D eigenvalue weighted by Crippen LogP contribution is -1.97. The molecule has 2 rings (SSSR count). The highest BCUT2D eigenvalue weighted by atomic mass is 19.1. The molecule has 3 nitrogen and oxygen atoms in total. The summed E-state index contributed by atoms with van der Waals surface area (Å²) in [5, 5.41) is 0.937. The van der Waals surface area contributed by atoms with Crippen LogP contribution in [-0.4, -0.2) is 4.98 Å². The lowest BCUT2D eigenvalue weighted by molar-refractivity contribution is 0.125. The highest BCUT2D eigenvalue weighted by molar-refractivity contribution is 5.83. The fourth-order valence-electron chi connectivity index (χ4n) is 1.37. The number of halogens is 1. The third-order valence-corrected chi connectivity index (χ3v) is 1.97. The van der Waals surface area contributed by atoms with Crippen molar-refractivity contribution in [1.82, 2.24) is 4.98 Å². The fraction of sp³-hybridized carbons (Fsp3) is 0.111. The maximum absolute atomic E-state index is 12.8.